The van der Waals surface area contributed by atoms with Crippen molar-refractivity contribution in [2.75, 3.05) is 0 Å². The summed E-state index contributed by atoms with van der Waals surface area (Å²) in [5.74, 6) is -0.838. The molecule has 0 radical (unpaired) electrons. The maximum absolute atomic E-state index is 9.85. The SMILES string of the molecule is C[C@@H](NP)C(=O)O. The van der Waals surface area contributed by atoms with E-state index in [1.807, 2.05) is 0 Å². The van der Waals surface area contributed by atoms with Crippen molar-refractivity contribution < 1.29 is 9.90 Å². The fourth-order valence-corrected chi connectivity index (χ4v) is 0.214. The molecule has 0 aromatic carbocycles. The fraction of sp³-hybridized carbons (Fsp3) is 0.667. The average molecular weight is 121 g/mol. The van der Waals surface area contributed by atoms with Crippen LogP contribution in [0, 0.1) is 0 Å². The molecule has 0 heterocycles. The molecular weight excluding hydrogens is 113 g/mol. The van der Waals surface area contributed by atoms with Crippen LogP contribution in [-0.2, 0) is 4.79 Å². The Bertz CT molecular complexity index is 75.3. The lowest BCUT2D eigenvalue weighted by molar-refractivity contribution is -0.138. The maximum Gasteiger partial charge on any atom is 0.320 e. The van der Waals surface area contributed by atoms with Crippen LogP contribution < -0.4 is 5.09 Å². The number of carbonyl (C=O) groups is 1. The molecule has 4 heteroatoms. The van der Waals surface area contributed by atoms with Crippen LogP contribution in [-0.4, -0.2) is 17.1 Å². The van der Waals surface area contributed by atoms with Crippen molar-refractivity contribution in [1.29, 1.82) is 0 Å². The van der Waals surface area contributed by atoms with Gasteiger partial charge in [0.05, 0.1) is 0 Å². The van der Waals surface area contributed by atoms with Crippen molar-refractivity contribution >= 4 is 15.4 Å². The number of aliphatic carboxylic acids is 1. The molecule has 0 rings (SSSR count). The first-order chi connectivity index (χ1) is 3.18. The summed E-state index contributed by atoms with van der Waals surface area (Å²) in [6, 6.07) is -0.468. The van der Waals surface area contributed by atoms with Gasteiger partial charge < -0.3 is 5.11 Å². The normalized spacial score (nSPS) is 13.4. The smallest absolute Gasteiger partial charge is 0.320 e. The van der Waals surface area contributed by atoms with Gasteiger partial charge in [0.25, 0.3) is 0 Å². The van der Waals surface area contributed by atoms with Crippen molar-refractivity contribution in [3.05, 3.63) is 0 Å². The van der Waals surface area contributed by atoms with E-state index >= 15 is 0 Å². The highest BCUT2D eigenvalue weighted by atomic mass is 31.0. The first kappa shape index (κ1) is 6.86. The molecule has 0 aliphatic heterocycles. The van der Waals surface area contributed by atoms with Crippen molar-refractivity contribution in [1.82, 2.24) is 5.09 Å². The third-order valence-electron chi connectivity index (χ3n) is 0.620. The zero-order valence-electron chi connectivity index (χ0n) is 4.01. The third-order valence-corrected chi connectivity index (χ3v) is 1.12. The van der Waals surface area contributed by atoms with Crippen LogP contribution in [0.15, 0.2) is 0 Å². The van der Waals surface area contributed by atoms with Crippen LogP contribution in [0.2, 0.25) is 0 Å². The van der Waals surface area contributed by atoms with E-state index in [4.69, 9.17) is 5.11 Å². The molecule has 2 N–H and O–H groups in total. The van der Waals surface area contributed by atoms with E-state index < -0.39 is 12.0 Å². The highest BCUT2D eigenvalue weighted by Gasteiger charge is 2.04. The quantitative estimate of drug-likeness (QED) is 0.499. The van der Waals surface area contributed by atoms with Crippen LogP contribution >= 0.6 is 9.39 Å². The molecule has 0 aliphatic carbocycles. The van der Waals surface area contributed by atoms with Crippen LogP contribution in [0.1, 0.15) is 6.92 Å². The van der Waals surface area contributed by atoms with Crippen LogP contribution in [0.25, 0.3) is 0 Å². The summed E-state index contributed by atoms with van der Waals surface area (Å²) >= 11 is 0. The molecule has 3 nitrogen and oxygen atoms in total. The second-order valence-corrected chi connectivity index (χ2v) is 1.56. The minimum absolute atomic E-state index is 0.468. The minimum Gasteiger partial charge on any atom is -0.480 e. The van der Waals surface area contributed by atoms with Crippen LogP contribution in [0.4, 0.5) is 0 Å². The van der Waals surface area contributed by atoms with Crippen LogP contribution in [0.5, 0.6) is 0 Å². The molecule has 1 unspecified atom stereocenters. The lowest BCUT2D eigenvalue weighted by Crippen LogP contribution is -2.25. The largest absolute Gasteiger partial charge is 0.480 e. The van der Waals surface area contributed by atoms with Gasteiger partial charge >= 0.3 is 5.97 Å². The first-order valence-corrected chi connectivity index (χ1v) is 2.45. The van der Waals surface area contributed by atoms with Gasteiger partial charge in [-0.15, -0.1) is 0 Å². The summed E-state index contributed by atoms with van der Waals surface area (Å²) < 4.78 is 0. The summed E-state index contributed by atoms with van der Waals surface area (Å²) in [6.07, 6.45) is 0. The van der Waals surface area contributed by atoms with E-state index in [1.165, 1.54) is 0 Å². The zero-order chi connectivity index (χ0) is 5.86. The molecule has 2 atom stereocenters. The van der Waals surface area contributed by atoms with Crippen LogP contribution in [0.3, 0.4) is 0 Å². The van der Waals surface area contributed by atoms with E-state index in [1.54, 1.807) is 6.92 Å². The summed E-state index contributed by atoms with van der Waals surface area (Å²) in [5.41, 5.74) is 0. The molecule has 42 valence electrons. The van der Waals surface area contributed by atoms with Gasteiger partial charge in [-0.05, 0) is 6.92 Å². The molecule has 0 aromatic heterocycles. The first-order valence-electron chi connectivity index (χ1n) is 1.87. The average Bonchev–Trinajstić information content (AvgIpc) is 1.65. The summed E-state index contributed by atoms with van der Waals surface area (Å²) in [7, 11) is 2.13. The highest BCUT2D eigenvalue weighted by molar-refractivity contribution is 7.13. The summed E-state index contributed by atoms with van der Waals surface area (Å²) in [6.45, 7) is 1.56. The second kappa shape index (κ2) is 2.94. The number of carboxylic acid groups (broad SMARTS) is 1. The number of hydrogen-bond acceptors (Lipinski definition) is 2. The minimum atomic E-state index is -0.838. The molecule has 0 amide bonds. The Balaban J connectivity index is 3.34. The van der Waals surface area contributed by atoms with Gasteiger partial charge in [0.15, 0.2) is 0 Å². The van der Waals surface area contributed by atoms with Crippen molar-refractivity contribution in [2.24, 2.45) is 0 Å². The molecule has 0 bridgehead atoms. The summed E-state index contributed by atoms with van der Waals surface area (Å²) in [5, 5.41) is 10.6. The van der Waals surface area contributed by atoms with E-state index in [0.717, 1.165) is 0 Å². The lowest BCUT2D eigenvalue weighted by atomic mass is 10.4. The van der Waals surface area contributed by atoms with Crippen molar-refractivity contribution in [2.45, 2.75) is 13.0 Å². The lowest BCUT2D eigenvalue weighted by Gasteiger charge is -1.99. The molecule has 0 aromatic rings. The van der Waals surface area contributed by atoms with E-state index in [0.29, 0.717) is 0 Å². The van der Waals surface area contributed by atoms with Crippen molar-refractivity contribution in [3.8, 4) is 0 Å². The van der Waals surface area contributed by atoms with Crippen molar-refractivity contribution in [3.63, 3.8) is 0 Å². The predicted molar refractivity (Wildman–Crippen MR) is 29.9 cm³/mol. The molecule has 0 saturated heterocycles. The second-order valence-electron chi connectivity index (χ2n) is 1.23. The van der Waals surface area contributed by atoms with E-state index in [2.05, 4.69) is 14.5 Å². The molecule has 0 fully saturated rings. The van der Waals surface area contributed by atoms with Gasteiger partial charge in [0.2, 0.25) is 0 Å². The fourth-order valence-electron chi connectivity index (χ4n) is 0.0713. The topological polar surface area (TPSA) is 49.3 Å². The highest BCUT2D eigenvalue weighted by Crippen LogP contribution is 1.81. The van der Waals surface area contributed by atoms with Gasteiger partial charge in [-0.1, -0.05) is 9.39 Å². The third kappa shape index (κ3) is 2.54. The Morgan fingerprint density at radius 3 is 2.43 bits per heavy atom. The molecule has 0 spiro atoms. The Kier molecular flexibility index (Phi) is 2.88. The van der Waals surface area contributed by atoms with Gasteiger partial charge in [-0.3, -0.25) is 9.88 Å². The standard InChI is InChI=1S/C3H8NO2P/c1-2(4-7)3(5)6/h2,4H,7H2,1H3,(H,5,6)/t2-/m1/s1. The number of hydrogen-bond donors (Lipinski definition) is 2. The number of rotatable bonds is 2. The molecule has 7 heavy (non-hydrogen) atoms. The van der Waals surface area contributed by atoms with Gasteiger partial charge in [-0.25, -0.2) is 0 Å². The van der Waals surface area contributed by atoms with E-state index in [-0.39, 0.29) is 0 Å². The Labute approximate surface area is 44.4 Å². The van der Waals surface area contributed by atoms with Gasteiger partial charge in [-0.2, -0.15) is 0 Å². The molecule has 0 aliphatic rings. The molecule has 0 saturated carbocycles. The van der Waals surface area contributed by atoms with E-state index in [9.17, 15) is 4.79 Å². The number of nitrogens with one attached hydrogen (secondary N) is 1. The van der Waals surface area contributed by atoms with Gasteiger partial charge in [0, 0.05) is 0 Å². The number of carboxylic acids is 1. The Morgan fingerprint density at radius 1 is 2.00 bits per heavy atom. The van der Waals surface area contributed by atoms with Gasteiger partial charge in [0.1, 0.15) is 6.04 Å². The Morgan fingerprint density at radius 2 is 2.43 bits per heavy atom. The zero-order valence-corrected chi connectivity index (χ0v) is 5.16. The predicted octanol–water partition coefficient (Wildman–Crippen LogP) is -0.161. The Hall–Kier alpha value is -0.140. The summed E-state index contributed by atoms with van der Waals surface area (Å²) in [4.78, 5) is 9.85. The molecular formula is C3H8NO2P. The maximum atomic E-state index is 9.85. The monoisotopic (exact) mass is 121 g/mol.